The predicted molar refractivity (Wildman–Crippen MR) is 67.5 cm³/mol. The molecule has 1 rings (SSSR count). The fraction of sp³-hybridized carbons (Fsp3) is 0.455. The van der Waals surface area contributed by atoms with Gasteiger partial charge in [0.2, 0.25) is 0 Å². The molecule has 0 aliphatic rings. The fourth-order valence-corrected chi connectivity index (χ4v) is 2.45. The second-order valence-electron chi connectivity index (χ2n) is 3.80. The first-order valence-electron chi connectivity index (χ1n) is 4.85. The van der Waals surface area contributed by atoms with Gasteiger partial charge in [0.15, 0.2) is 0 Å². The highest BCUT2D eigenvalue weighted by Crippen LogP contribution is 2.34. The van der Waals surface area contributed by atoms with E-state index in [1.807, 2.05) is 26.0 Å². The number of thioether (sulfide) groups is 1. The predicted octanol–water partition coefficient (Wildman–Crippen LogP) is 3.18. The molecule has 0 radical (unpaired) electrons. The van der Waals surface area contributed by atoms with Crippen molar-refractivity contribution in [1.82, 2.24) is 0 Å². The molecular weight excluding hydrogens is 230 g/mol. The first-order chi connectivity index (χ1) is 6.96. The Balaban J connectivity index is 2.73. The third-order valence-electron chi connectivity index (χ3n) is 2.29. The zero-order valence-corrected chi connectivity index (χ0v) is 10.5. The highest BCUT2D eigenvalue weighted by atomic mass is 35.5. The lowest BCUT2D eigenvalue weighted by Gasteiger charge is -2.21. The average Bonchev–Trinajstić information content (AvgIpc) is 2.17. The summed E-state index contributed by atoms with van der Waals surface area (Å²) in [5.74, 6) is 0.595. The molecule has 0 aliphatic heterocycles. The van der Waals surface area contributed by atoms with Gasteiger partial charge in [0.1, 0.15) is 0 Å². The standard InChI is InChI=1S/C11H16ClNOS/c1-3-11(2,14)7-15-10-8(12)5-4-6-9(10)13/h4-6,14H,3,7,13H2,1-2H3. The van der Waals surface area contributed by atoms with Gasteiger partial charge in [-0.3, -0.25) is 0 Å². The van der Waals surface area contributed by atoms with Gasteiger partial charge in [-0.15, -0.1) is 11.8 Å². The van der Waals surface area contributed by atoms with Gasteiger partial charge in [-0.25, -0.2) is 0 Å². The van der Waals surface area contributed by atoms with Gasteiger partial charge < -0.3 is 10.8 Å². The Morgan fingerprint density at radius 2 is 2.20 bits per heavy atom. The van der Waals surface area contributed by atoms with E-state index in [4.69, 9.17) is 17.3 Å². The van der Waals surface area contributed by atoms with Gasteiger partial charge >= 0.3 is 0 Å². The number of hydrogen-bond donors (Lipinski definition) is 2. The van der Waals surface area contributed by atoms with E-state index in [-0.39, 0.29) is 0 Å². The molecule has 1 unspecified atom stereocenters. The van der Waals surface area contributed by atoms with Crippen molar-refractivity contribution in [3.63, 3.8) is 0 Å². The molecule has 2 nitrogen and oxygen atoms in total. The Hall–Kier alpha value is -0.380. The quantitative estimate of drug-likeness (QED) is 0.633. The third kappa shape index (κ3) is 3.59. The van der Waals surface area contributed by atoms with Crippen LogP contribution < -0.4 is 5.73 Å². The van der Waals surface area contributed by atoms with Gasteiger partial charge in [-0.05, 0) is 25.5 Å². The van der Waals surface area contributed by atoms with E-state index < -0.39 is 5.60 Å². The summed E-state index contributed by atoms with van der Waals surface area (Å²) in [5.41, 5.74) is 5.80. The molecular formula is C11H16ClNOS. The Morgan fingerprint density at radius 1 is 1.53 bits per heavy atom. The van der Waals surface area contributed by atoms with E-state index in [1.165, 1.54) is 11.8 Å². The zero-order chi connectivity index (χ0) is 11.5. The normalized spacial score (nSPS) is 14.9. The van der Waals surface area contributed by atoms with Crippen molar-refractivity contribution >= 4 is 29.1 Å². The van der Waals surface area contributed by atoms with Crippen LogP contribution in [0.1, 0.15) is 20.3 Å². The van der Waals surface area contributed by atoms with Crippen LogP contribution in [0.4, 0.5) is 5.69 Å². The van der Waals surface area contributed by atoms with Crippen LogP contribution in [0.2, 0.25) is 5.02 Å². The molecule has 0 amide bonds. The van der Waals surface area contributed by atoms with Crippen LogP contribution in [0.5, 0.6) is 0 Å². The van der Waals surface area contributed by atoms with Gasteiger partial charge in [-0.1, -0.05) is 24.6 Å². The molecule has 3 N–H and O–H groups in total. The zero-order valence-electron chi connectivity index (χ0n) is 8.96. The minimum atomic E-state index is -0.670. The van der Waals surface area contributed by atoms with Gasteiger partial charge in [0.05, 0.1) is 10.6 Å². The molecule has 0 saturated heterocycles. The lowest BCUT2D eigenvalue weighted by molar-refractivity contribution is 0.0816. The van der Waals surface area contributed by atoms with E-state index in [1.54, 1.807) is 6.07 Å². The van der Waals surface area contributed by atoms with E-state index in [2.05, 4.69) is 0 Å². The van der Waals surface area contributed by atoms with E-state index in [9.17, 15) is 5.11 Å². The second kappa shape index (κ2) is 5.10. The second-order valence-corrected chi connectivity index (χ2v) is 5.19. The van der Waals surface area contributed by atoms with Crippen LogP contribution in [0, 0.1) is 0 Å². The largest absolute Gasteiger partial charge is 0.398 e. The Labute approximate surface area is 99.8 Å². The molecule has 1 atom stereocenters. The van der Waals surface area contributed by atoms with Crippen molar-refractivity contribution in [2.75, 3.05) is 11.5 Å². The highest BCUT2D eigenvalue weighted by Gasteiger charge is 2.19. The highest BCUT2D eigenvalue weighted by molar-refractivity contribution is 7.99. The molecule has 0 fully saturated rings. The maximum Gasteiger partial charge on any atom is 0.0710 e. The van der Waals surface area contributed by atoms with Crippen LogP contribution >= 0.6 is 23.4 Å². The van der Waals surface area contributed by atoms with Gasteiger partial charge in [0, 0.05) is 16.3 Å². The molecule has 15 heavy (non-hydrogen) atoms. The number of hydrogen-bond acceptors (Lipinski definition) is 3. The molecule has 0 saturated carbocycles. The maximum absolute atomic E-state index is 9.86. The summed E-state index contributed by atoms with van der Waals surface area (Å²) in [6.07, 6.45) is 0.713. The van der Waals surface area contributed by atoms with Crippen molar-refractivity contribution in [3.05, 3.63) is 23.2 Å². The number of nitrogens with two attached hydrogens (primary N) is 1. The van der Waals surface area contributed by atoms with Gasteiger partial charge in [-0.2, -0.15) is 0 Å². The Kier molecular flexibility index (Phi) is 4.32. The summed E-state index contributed by atoms with van der Waals surface area (Å²) in [4.78, 5) is 0.855. The van der Waals surface area contributed by atoms with Gasteiger partial charge in [0.25, 0.3) is 0 Å². The number of halogens is 1. The summed E-state index contributed by atoms with van der Waals surface area (Å²) in [7, 11) is 0. The molecule has 0 heterocycles. The molecule has 1 aromatic rings. The molecule has 1 aromatic carbocycles. The van der Waals surface area contributed by atoms with Crippen LogP contribution in [0.15, 0.2) is 23.1 Å². The molecule has 0 spiro atoms. The molecule has 84 valence electrons. The molecule has 0 aromatic heterocycles. The summed E-state index contributed by atoms with van der Waals surface area (Å²) < 4.78 is 0. The monoisotopic (exact) mass is 245 g/mol. The first kappa shape index (κ1) is 12.7. The van der Waals surface area contributed by atoms with Crippen molar-refractivity contribution in [3.8, 4) is 0 Å². The minimum Gasteiger partial charge on any atom is -0.398 e. The van der Waals surface area contributed by atoms with Crippen molar-refractivity contribution in [2.45, 2.75) is 30.8 Å². The SMILES string of the molecule is CCC(C)(O)CSc1c(N)cccc1Cl. The van der Waals surface area contributed by atoms with Crippen LogP contribution in [-0.4, -0.2) is 16.5 Å². The number of anilines is 1. The fourth-order valence-electron chi connectivity index (χ4n) is 1.01. The van der Waals surface area contributed by atoms with Crippen molar-refractivity contribution < 1.29 is 5.11 Å². The average molecular weight is 246 g/mol. The first-order valence-corrected chi connectivity index (χ1v) is 6.22. The summed E-state index contributed by atoms with van der Waals surface area (Å²) in [5, 5.41) is 10.5. The number of rotatable bonds is 4. The minimum absolute atomic E-state index is 0.595. The summed E-state index contributed by atoms with van der Waals surface area (Å²) in [6, 6.07) is 5.44. The summed E-state index contributed by atoms with van der Waals surface area (Å²) in [6.45, 7) is 3.77. The maximum atomic E-state index is 9.86. The Morgan fingerprint density at radius 3 is 2.73 bits per heavy atom. The third-order valence-corrected chi connectivity index (χ3v) is 4.22. The van der Waals surface area contributed by atoms with Crippen molar-refractivity contribution in [2.24, 2.45) is 0 Å². The summed E-state index contributed by atoms with van der Waals surface area (Å²) >= 11 is 7.52. The molecule has 0 bridgehead atoms. The molecule has 4 heteroatoms. The molecule has 0 aliphatic carbocycles. The van der Waals surface area contributed by atoms with Crippen molar-refractivity contribution in [1.29, 1.82) is 0 Å². The van der Waals surface area contributed by atoms with E-state index in [0.717, 1.165) is 4.90 Å². The lowest BCUT2D eigenvalue weighted by atomic mass is 10.1. The van der Waals surface area contributed by atoms with Crippen LogP contribution in [0.25, 0.3) is 0 Å². The van der Waals surface area contributed by atoms with Crippen LogP contribution in [-0.2, 0) is 0 Å². The smallest absolute Gasteiger partial charge is 0.0710 e. The topological polar surface area (TPSA) is 46.2 Å². The number of benzene rings is 1. The number of nitrogen functional groups attached to an aromatic ring is 1. The van der Waals surface area contributed by atoms with E-state index in [0.29, 0.717) is 22.9 Å². The Bertz CT molecular complexity index is 321. The lowest BCUT2D eigenvalue weighted by Crippen LogP contribution is -2.25. The number of aliphatic hydroxyl groups is 1. The van der Waals surface area contributed by atoms with Crippen LogP contribution in [0.3, 0.4) is 0 Å². The van der Waals surface area contributed by atoms with E-state index >= 15 is 0 Å².